The zero-order chi connectivity index (χ0) is 19.7. The van der Waals surface area contributed by atoms with E-state index < -0.39 is 5.97 Å². The minimum absolute atomic E-state index is 0.409. The number of rotatable bonds is 4. The number of methoxy groups -OCH3 is 1. The maximum absolute atomic E-state index is 12.2. The number of fused-ring (bicyclic) bond motifs is 1. The molecule has 0 aliphatic carbocycles. The second-order valence-corrected chi connectivity index (χ2v) is 6.60. The summed E-state index contributed by atoms with van der Waals surface area (Å²) < 4.78 is 10.5. The smallest absolute Gasteiger partial charge is 0.339 e. The molecule has 4 rings (SSSR count). The average Bonchev–Trinajstić information content (AvgIpc) is 3.14. The first kappa shape index (κ1) is 18.0. The predicted octanol–water partition coefficient (Wildman–Crippen LogP) is 5.38. The molecule has 0 spiro atoms. The molecule has 1 N–H and O–H groups in total. The van der Waals surface area contributed by atoms with Crippen molar-refractivity contribution < 1.29 is 13.9 Å². The van der Waals surface area contributed by atoms with Crippen LogP contribution in [0.4, 0.5) is 11.4 Å². The summed E-state index contributed by atoms with van der Waals surface area (Å²) in [6, 6.07) is 12.5. The zero-order valence-corrected chi connectivity index (χ0v) is 15.9. The second kappa shape index (κ2) is 7.32. The van der Waals surface area contributed by atoms with Crippen LogP contribution in [0.5, 0.6) is 0 Å². The first-order valence-electron chi connectivity index (χ1n) is 8.52. The summed E-state index contributed by atoms with van der Waals surface area (Å²) in [6.07, 6.45) is 3.26. The third-order valence-corrected chi connectivity index (χ3v) is 4.51. The van der Waals surface area contributed by atoms with Crippen LogP contribution in [0.3, 0.4) is 0 Å². The lowest BCUT2D eigenvalue weighted by atomic mass is 10.1. The number of halogens is 1. The van der Waals surface area contributed by atoms with E-state index >= 15 is 0 Å². The number of nitrogens with one attached hydrogen (secondary N) is 1. The van der Waals surface area contributed by atoms with Gasteiger partial charge in [0.25, 0.3) is 0 Å². The van der Waals surface area contributed by atoms with Crippen LogP contribution in [0.15, 0.2) is 59.3 Å². The molecule has 0 saturated carbocycles. The Labute approximate surface area is 166 Å². The van der Waals surface area contributed by atoms with Gasteiger partial charge in [0, 0.05) is 16.6 Å². The number of anilines is 2. The molecule has 0 saturated heterocycles. The summed E-state index contributed by atoms with van der Waals surface area (Å²) in [6.45, 7) is 1.85. The molecule has 0 amide bonds. The molecule has 7 heteroatoms. The second-order valence-electron chi connectivity index (χ2n) is 6.16. The van der Waals surface area contributed by atoms with E-state index in [-0.39, 0.29) is 0 Å². The van der Waals surface area contributed by atoms with Crippen LogP contribution < -0.4 is 5.32 Å². The lowest BCUT2D eigenvalue weighted by Gasteiger charge is -2.15. The third kappa shape index (κ3) is 3.30. The molecular formula is C21H16ClN3O3. The maximum atomic E-state index is 12.2. The first-order chi connectivity index (χ1) is 13.6. The SMILES string of the molecule is COC(=O)c1ccccc1Nc1c(-c2nc(C)co2)cnc2ccc(Cl)cc12. The van der Waals surface area contributed by atoms with E-state index in [1.54, 1.807) is 36.7 Å². The number of aromatic nitrogens is 2. The largest absolute Gasteiger partial charge is 0.465 e. The molecule has 0 radical (unpaired) electrons. The van der Waals surface area contributed by atoms with Crippen molar-refractivity contribution in [3.63, 3.8) is 0 Å². The number of aryl methyl sites for hydroxylation is 1. The van der Waals surface area contributed by atoms with Gasteiger partial charge < -0.3 is 14.5 Å². The molecule has 0 unspecified atom stereocenters. The number of benzene rings is 2. The number of hydrogen-bond donors (Lipinski definition) is 1. The monoisotopic (exact) mass is 393 g/mol. The molecule has 2 aromatic carbocycles. The van der Waals surface area contributed by atoms with Gasteiger partial charge in [0.2, 0.25) is 5.89 Å². The highest BCUT2D eigenvalue weighted by molar-refractivity contribution is 6.31. The normalized spacial score (nSPS) is 10.8. The van der Waals surface area contributed by atoms with E-state index in [9.17, 15) is 4.79 Å². The fourth-order valence-electron chi connectivity index (χ4n) is 2.95. The van der Waals surface area contributed by atoms with Crippen LogP contribution in [0.2, 0.25) is 5.02 Å². The van der Waals surface area contributed by atoms with Gasteiger partial charge in [-0.2, -0.15) is 0 Å². The minimum Gasteiger partial charge on any atom is -0.465 e. The highest BCUT2D eigenvalue weighted by atomic mass is 35.5. The number of carbonyl (C=O) groups is 1. The Morgan fingerprint density at radius 2 is 2.04 bits per heavy atom. The number of ether oxygens (including phenoxy) is 1. The van der Waals surface area contributed by atoms with Crippen molar-refractivity contribution in [3.05, 3.63) is 71.2 Å². The Morgan fingerprint density at radius 3 is 2.79 bits per heavy atom. The number of pyridine rings is 1. The molecule has 0 bridgehead atoms. The fraction of sp³-hybridized carbons (Fsp3) is 0.0952. The van der Waals surface area contributed by atoms with Gasteiger partial charge >= 0.3 is 5.97 Å². The molecule has 2 heterocycles. The lowest BCUT2D eigenvalue weighted by molar-refractivity contribution is 0.0602. The van der Waals surface area contributed by atoms with Crippen molar-refractivity contribution in [1.29, 1.82) is 0 Å². The van der Waals surface area contributed by atoms with Gasteiger partial charge in [-0.15, -0.1) is 0 Å². The van der Waals surface area contributed by atoms with Gasteiger partial charge in [-0.25, -0.2) is 9.78 Å². The highest BCUT2D eigenvalue weighted by Crippen LogP contribution is 2.37. The van der Waals surface area contributed by atoms with Gasteiger partial charge in [0.15, 0.2) is 0 Å². The standard InChI is InChI=1S/C21H16ClN3O3/c1-12-11-28-20(24-12)16-10-23-17-8-7-13(22)9-15(17)19(16)25-18-6-4-3-5-14(18)21(26)27-2/h3-11H,1-2H3,(H,23,25). The molecule has 0 fully saturated rings. The maximum Gasteiger partial charge on any atom is 0.339 e. The van der Waals surface area contributed by atoms with E-state index in [2.05, 4.69) is 15.3 Å². The average molecular weight is 394 g/mol. The quantitative estimate of drug-likeness (QED) is 0.469. The Bertz CT molecular complexity index is 1190. The third-order valence-electron chi connectivity index (χ3n) is 4.27. The van der Waals surface area contributed by atoms with E-state index in [4.69, 9.17) is 20.8 Å². The van der Waals surface area contributed by atoms with E-state index in [0.717, 1.165) is 16.6 Å². The van der Waals surface area contributed by atoms with Crippen molar-refractivity contribution in [2.45, 2.75) is 6.92 Å². The fourth-order valence-corrected chi connectivity index (χ4v) is 3.13. The van der Waals surface area contributed by atoms with Crippen molar-refractivity contribution in [2.75, 3.05) is 12.4 Å². The summed E-state index contributed by atoms with van der Waals surface area (Å²) >= 11 is 6.23. The van der Waals surface area contributed by atoms with E-state index in [1.165, 1.54) is 7.11 Å². The lowest BCUT2D eigenvalue weighted by Crippen LogP contribution is -2.06. The minimum atomic E-state index is -0.437. The summed E-state index contributed by atoms with van der Waals surface area (Å²) in [7, 11) is 1.35. The number of nitrogens with zero attached hydrogens (tertiary/aromatic N) is 2. The molecule has 2 aromatic heterocycles. The van der Waals surface area contributed by atoms with Crippen LogP contribution in [0.25, 0.3) is 22.4 Å². The van der Waals surface area contributed by atoms with Gasteiger partial charge in [-0.05, 0) is 37.3 Å². The zero-order valence-electron chi connectivity index (χ0n) is 15.2. The molecule has 4 aromatic rings. The van der Waals surface area contributed by atoms with Gasteiger partial charge in [-0.3, -0.25) is 4.98 Å². The molecule has 140 valence electrons. The van der Waals surface area contributed by atoms with Gasteiger partial charge in [-0.1, -0.05) is 23.7 Å². The molecule has 0 aliphatic heterocycles. The summed E-state index contributed by atoms with van der Waals surface area (Å²) in [5.41, 5.74) is 3.84. The first-order valence-corrected chi connectivity index (χ1v) is 8.90. The number of esters is 1. The van der Waals surface area contributed by atoms with Gasteiger partial charge in [0.1, 0.15) is 6.26 Å². The highest BCUT2D eigenvalue weighted by Gasteiger charge is 2.18. The topological polar surface area (TPSA) is 77.2 Å². The Balaban J connectivity index is 1.94. The number of para-hydroxylation sites is 1. The molecule has 0 aliphatic rings. The Hall–Kier alpha value is -3.38. The van der Waals surface area contributed by atoms with Crippen LogP contribution in [0, 0.1) is 6.92 Å². The summed E-state index contributed by atoms with van der Waals surface area (Å²) in [4.78, 5) is 21.1. The molecule has 28 heavy (non-hydrogen) atoms. The molecular weight excluding hydrogens is 378 g/mol. The van der Waals surface area contributed by atoms with Crippen LogP contribution >= 0.6 is 11.6 Å². The van der Waals surface area contributed by atoms with Crippen molar-refractivity contribution in [2.24, 2.45) is 0 Å². The summed E-state index contributed by atoms with van der Waals surface area (Å²) in [5.74, 6) is -0.0158. The van der Waals surface area contributed by atoms with Crippen LogP contribution in [-0.2, 0) is 4.74 Å². The predicted molar refractivity (Wildman–Crippen MR) is 108 cm³/mol. The Kier molecular flexibility index (Phi) is 4.71. The van der Waals surface area contributed by atoms with Crippen LogP contribution in [0.1, 0.15) is 16.1 Å². The molecule has 6 nitrogen and oxygen atoms in total. The number of carbonyl (C=O) groups excluding carboxylic acids is 1. The Morgan fingerprint density at radius 1 is 1.21 bits per heavy atom. The van der Waals surface area contributed by atoms with Crippen molar-refractivity contribution in [3.8, 4) is 11.5 Å². The molecule has 0 atom stereocenters. The van der Waals surface area contributed by atoms with Gasteiger partial charge in [0.05, 0.1) is 40.8 Å². The van der Waals surface area contributed by atoms with E-state index in [0.29, 0.717) is 33.4 Å². The number of hydrogen-bond acceptors (Lipinski definition) is 6. The number of oxazole rings is 1. The van der Waals surface area contributed by atoms with Crippen LogP contribution in [-0.4, -0.2) is 23.0 Å². The van der Waals surface area contributed by atoms with Crippen molar-refractivity contribution in [1.82, 2.24) is 9.97 Å². The summed E-state index contributed by atoms with van der Waals surface area (Å²) in [5, 5.41) is 4.68. The van der Waals surface area contributed by atoms with Crippen molar-refractivity contribution >= 4 is 39.8 Å². The van der Waals surface area contributed by atoms with E-state index in [1.807, 2.05) is 25.1 Å².